The number of carbonyl (C=O) groups excluding carboxylic acids is 1. The van der Waals surface area contributed by atoms with E-state index in [1.54, 1.807) is 0 Å². The van der Waals surface area contributed by atoms with Crippen LogP contribution in [-0.4, -0.2) is 44.9 Å². The molecule has 0 radical (unpaired) electrons. The highest BCUT2D eigenvalue weighted by Crippen LogP contribution is 2.26. The summed E-state index contributed by atoms with van der Waals surface area (Å²) in [7, 11) is -3.77. The molecule has 0 aliphatic carbocycles. The lowest BCUT2D eigenvalue weighted by Crippen LogP contribution is -2.45. The Balaban J connectivity index is 1.31. The molecular formula is C24H25FN2O4S. The van der Waals surface area contributed by atoms with E-state index in [1.165, 1.54) is 16.4 Å². The molecule has 3 aromatic carbocycles. The summed E-state index contributed by atoms with van der Waals surface area (Å²) >= 11 is 0. The average Bonchev–Trinajstić information content (AvgIpc) is 2.82. The zero-order valence-corrected chi connectivity index (χ0v) is 18.4. The molecule has 0 bridgehead atoms. The third-order valence-electron chi connectivity index (χ3n) is 5.61. The number of hydrogen-bond acceptors (Lipinski definition) is 4. The molecule has 0 spiro atoms. The summed E-state index contributed by atoms with van der Waals surface area (Å²) in [5.74, 6) is -0.362. The quantitative estimate of drug-likeness (QED) is 0.552. The minimum absolute atomic E-state index is 0.0310. The van der Waals surface area contributed by atoms with Gasteiger partial charge in [0.05, 0.1) is 17.4 Å². The van der Waals surface area contributed by atoms with Crippen LogP contribution in [0.1, 0.15) is 12.8 Å². The van der Waals surface area contributed by atoms with E-state index in [0.717, 1.165) is 28.7 Å². The number of halogens is 1. The molecule has 1 heterocycles. The fourth-order valence-corrected chi connectivity index (χ4v) is 5.46. The third-order valence-corrected chi connectivity index (χ3v) is 7.49. The van der Waals surface area contributed by atoms with E-state index in [-0.39, 0.29) is 17.3 Å². The van der Waals surface area contributed by atoms with Gasteiger partial charge in [-0.1, -0.05) is 36.4 Å². The van der Waals surface area contributed by atoms with Crippen LogP contribution in [0.2, 0.25) is 0 Å². The second-order valence-electron chi connectivity index (χ2n) is 7.77. The van der Waals surface area contributed by atoms with Crippen molar-refractivity contribution in [3.05, 3.63) is 72.5 Å². The molecule has 1 saturated heterocycles. The zero-order valence-electron chi connectivity index (χ0n) is 17.5. The Bertz CT molecular complexity index is 1190. The third kappa shape index (κ3) is 4.92. The predicted octanol–water partition coefficient (Wildman–Crippen LogP) is 3.57. The summed E-state index contributed by atoms with van der Waals surface area (Å²) in [4.78, 5) is 12.7. The smallest absolute Gasteiger partial charge is 0.243 e. The van der Waals surface area contributed by atoms with Crippen LogP contribution in [0.4, 0.5) is 4.39 Å². The van der Waals surface area contributed by atoms with Gasteiger partial charge >= 0.3 is 0 Å². The monoisotopic (exact) mass is 456 g/mol. The summed E-state index contributed by atoms with van der Waals surface area (Å²) in [6.07, 6.45) is 1.20. The van der Waals surface area contributed by atoms with Crippen LogP contribution in [0.3, 0.4) is 0 Å². The Kier molecular flexibility index (Phi) is 6.72. The number of hydrogen-bond donors (Lipinski definition) is 1. The molecule has 6 nitrogen and oxygen atoms in total. The first-order valence-electron chi connectivity index (χ1n) is 10.6. The van der Waals surface area contributed by atoms with Crippen LogP contribution in [-0.2, 0) is 14.8 Å². The van der Waals surface area contributed by atoms with E-state index in [2.05, 4.69) is 5.32 Å². The molecule has 168 valence electrons. The molecule has 1 amide bonds. The summed E-state index contributed by atoms with van der Waals surface area (Å²) in [5.41, 5.74) is 0. The van der Waals surface area contributed by atoms with Gasteiger partial charge in [0.1, 0.15) is 18.2 Å². The fraction of sp³-hybridized carbons (Fsp3) is 0.292. The van der Waals surface area contributed by atoms with Gasteiger partial charge in [-0.3, -0.25) is 4.79 Å². The van der Waals surface area contributed by atoms with E-state index in [0.29, 0.717) is 32.5 Å². The lowest BCUT2D eigenvalue weighted by molar-refractivity contribution is -0.126. The van der Waals surface area contributed by atoms with Crippen LogP contribution in [0.25, 0.3) is 10.8 Å². The molecule has 8 heteroatoms. The highest BCUT2D eigenvalue weighted by Gasteiger charge is 2.33. The van der Waals surface area contributed by atoms with Crippen LogP contribution < -0.4 is 10.1 Å². The number of amides is 1. The molecule has 32 heavy (non-hydrogen) atoms. The first-order chi connectivity index (χ1) is 15.4. The maximum atomic E-state index is 13.1. The van der Waals surface area contributed by atoms with E-state index in [4.69, 9.17) is 4.74 Å². The van der Waals surface area contributed by atoms with Crippen molar-refractivity contribution in [3.63, 3.8) is 0 Å². The molecule has 0 saturated carbocycles. The van der Waals surface area contributed by atoms with Gasteiger partial charge in [0.25, 0.3) is 0 Å². The molecule has 1 N–H and O–H groups in total. The Labute approximate surface area is 187 Å². The highest BCUT2D eigenvalue weighted by atomic mass is 32.2. The number of benzene rings is 3. The Morgan fingerprint density at radius 2 is 1.81 bits per heavy atom. The van der Waals surface area contributed by atoms with Crippen LogP contribution in [0.15, 0.2) is 71.6 Å². The number of carbonyl (C=O) groups is 1. The van der Waals surface area contributed by atoms with E-state index >= 15 is 0 Å². The average molecular weight is 457 g/mol. The first kappa shape index (κ1) is 22.2. The lowest BCUT2D eigenvalue weighted by Gasteiger charge is -2.31. The Morgan fingerprint density at radius 3 is 2.62 bits per heavy atom. The van der Waals surface area contributed by atoms with E-state index < -0.39 is 21.8 Å². The van der Waals surface area contributed by atoms with E-state index in [1.807, 2.05) is 42.5 Å². The number of nitrogens with one attached hydrogen (secondary N) is 1. The largest absolute Gasteiger partial charge is 0.491 e. The van der Waals surface area contributed by atoms with Crippen LogP contribution in [0, 0.1) is 11.7 Å². The van der Waals surface area contributed by atoms with Gasteiger partial charge in [-0.05, 0) is 48.6 Å². The van der Waals surface area contributed by atoms with Crippen molar-refractivity contribution in [2.45, 2.75) is 17.7 Å². The highest BCUT2D eigenvalue weighted by molar-refractivity contribution is 7.89. The number of nitrogens with zero attached hydrogens (tertiary/aromatic N) is 1. The molecule has 1 fully saturated rings. The number of piperidine rings is 1. The number of ether oxygens (including phenoxy) is 1. The van der Waals surface area contributed by atoms with Crippen LogP contribution in [0.5, 0.6) is 5.75 Å². The first-order valence-corrected chi connectivity index (χ1v) is 12.0. The van der Waals surface area contributed by atoms with Crippen molar-refractivity contribution >= 4 is 26.7 Å². The summed E-state index contributed by atoms with van der Waals surface area (Å²) < 4.78 is 46.0. The predicted molar refractivity (Wildman–Crippen MR) is 120 cm³/mol. The summed E-state index contributed by atoms with van der Waals surface area (Å²) in [6, 6.07) is 18.5. The van der Waals surface area contributed by atoms with Gasteiger partial charge in [-0.2, -0.15) is 4.31 Å². The maximum absolute atomic E-state index is 13.1. The second kappa shape index (κ2) is 9.67. The maximum Gasteiger partial charge on any atom is 0.243 e. The van der Waals surface area contributed by atoms with Crippen molar-refractivity contribution in [3.8, 4) is 5.75 Å². The van der Waals surface area contributed by atoms with Crippen molar-refractivity contribution in [1.29, 1.82) is 0 Å². The Hall–Kier alpha value is -2.97. The van der Waals surface area contributed by atoms with Gasteiger partial charge in [0, 0.05) is 18.5 Å². The van der Waals surface area contributed by atoms with Gasteiger partial charge in [-0.15, -0.1) is 0 Å². The summed E-state index contributed by atoms with van der Waals surface area (Å²) in [6.45, 7) is 1.08. The van der Waals surface area contributed by atoms with Gasteiger partial charge in [0.2, 0.25) is 15.9 Å². The number of fused-ring (bicyclic) bond motifs is 1. The molecule has 1 atom stereocenters. The molecule has 1 aliphatic heterocycles. The molecule has 3 aromatic rings. The minimum Gasteiger partial charge on any atom is -0.491 e. The summed E-state index contributed by atoms with van der Waals surface area (Å²) in [5, 5.41) is 4.95. The van der Waals surface area contributed by atoms with Crippen molar-refractivity contribution in [2.75, 3.05) is 26.2 Å². The molecule has 0 aromatic heterocycles. The molecule has 4 rings (SSSR count). The lowest BCUT2D eigenvalue weighted by atomic mass is 9.99. The van der Waals surface area contributed by atoms with E-state index in [9.17, 15) is 17.6 Å². The molecule has 0 unspecified atom stereocenters. The second-order valence-corrected chi connectivity index (χ2v) is 9.71. The van der Waals surface area contributed by atoms with Gasteiger partial charge in [0.15, 0.2) is 0 Å². The van der Waals surface area contributed by atoms with Crippen molar-refractivity contribution in [1.82, 2.24) is 9.62 Å². The SMILES string of the molecule is O=C(NCCOc1cccc2ccccc12)[C@@H]1CCCN(S(=O)(=O)c2ccc(F)cc2)C1. The zero-order chi connectivity index (χ0) is 22.6. The van der Waals surface area contributed by atoms with Crippen molar-refractivity contribution < 1.29 is 22.3 Å². The normalized spacial score (nSPS) is 17.2. The minimum atomic E-state index is -3.77. The fourth-order valence-electron chi connectivity index (χ4n) is 3.93. The molecule has 1 aliphatic rings. The number of rotatable bonds is 7. The topological polar surface area (TPSA) is 75.7 Å². The standard InChI is InChI=1S/C24H25FN2O4S/c25-20-10-12-21(13-11-20)32(29,30)27-15-4-7-19(17-27)24(28)26-14-16-31-23-9-3-6-18-5-1-2-8-22(18)23/h1-3,5-6,8-13,19H,4,7,14-17H2,(H,26,28)/t19-/m1/s1. The molecular weight excluding hydrogens is 431 g/mol. The van der Waals surface area contributed by atoms with Gasteiger partial charge in [-0.25, -0.2) is 12.8 Å². The van der Waals surface area contributed by atoms with Crippen molar-refractivity contribution in [2.24, 2.45) is 5.92 Å². The Morgan fingerprint density at radius 1 is 1.06 bits per heavy atom. The van der Waals surface area contributed by atoms with Gasteiger partial charge < -0.3 is 10.1 Å². The number of sulfonamides is 1. The van der Waals surface area contributed by atoms with Crippen LogP contribution >= 0.6 is 0 Å².